The Bertz CT molecular complexity index is 855. The topological polar surface area (TPSA) is 29.4 Å². The van der Waals surface area contributed by atoms with Crippen LogP contribution in [0, 0.1) is 0 Å². The predicted octanol–water partition coefficient (Wildman–Crippen LogP) is 6.17. The molecule has 2 atom stereocenters. The van der Waals surface area contributed by atoms with Crippen molar-refractivity contribution in [3.05, 3.63) is 69.2 Å². The van der Waals surface area contributed by atoms with E-state index in [0.29, 0.717) is 10.0 Å². The molecular formula is C20H21Cl2NOS. The Hall–Kier alpha value is -1.16. The third-order valence-electron chi connectivity index (χ3n) is 4.38. The first kappa shape index (κ1) is 18.6. The molecule has 2 aromatic carbocycles. The summed E-state index contributed by atoms with van der Waals surface area (Å²) >= 11 is 12.3. The van der Waals surface area contributed by atoms with Crippen molar-refractivity contribution in [2.24, 2.45) is 4.40 Å². The van der Waals surface area contributed by atoms with Crippen LogP contribution in [0.15, 0.2) is 46.9 Å². The van der Waals surface area contributed by atoms with Crippen molar-refractivity contribution in [2.75, 3.05) is 0 Å². The van der Waals surface area contributed by atoms with Gasteiger partial charge in [-0.15, -0.1) is 0 Å². The van der Waals surface area contributed by atoms with E-state index in [1.165, 1.54) is 5.56 Å². The van der Waals surface area contributed by atoms with Crippen molar-refractivity contribution in [1.82, 2.24) is 0 Å². The van der Waals surface area contributed by atoms with E-state index in [2.05, 4.69) is 16.5 Å². The average Bonchev–Trinajstić information content (AvgIpc) is 2.57. The quantitative estimate of drug-likeness (QED) is 0.599. The van der Waals surface area contributed by atoms with Crippen LogP contribution in [0.25, 0.3) is 0 Å². The molecule has 0 N–H and O–H groups in total. The highest BCUT2D eigenvalue weighted by Crippen LogP contribution is 2.39. The Balaban J connectivity index is 2.03. The predicted molar refractivity (Wildman–Crippen MR) is 108 cm³/mol. The van der Waals surface area contributed by atoms with E-state index in [-0.39, 0.29) is 10.7 Å². The molecule has 0 spiro atoms. The molecule has 0 radical (unpaired) electrons. The number of fused-ring (bicyclic) bond motifs is 1. The van der Waals surface area contributed by atoms with Gasteiger partial charge in [-0.3, -0.25) is 0 Å². The summed E-state index contributed by atoms with van der Waals surface area (Å²) in [6.45, 7) is 5.83. The molecule has 0 aliphatic heterocycles. The fraction of sp³-hybridized carbons (Fsp3) is 0.350. The van der Waals surface area contributed by atoms with Gasteiger partial charge in [0, 0.05) is 11.5 Å². The molecule has 0 bridgehead atoms. The van der Waals surface area contributed by atoms with Gasteiger partial charge < -0.3 is 0 Å². The second-order valence-corrected chi connectivity index (χ2v) is 9.97. The lowest BCUT2D eigenvalue weighted by Gasteiger charge is -2.27. The summed E-state index contributed by atoms with van der Waals surface area (Å²) in [4.78, 5) is 0. The zero-order valence-corrected chi connectivity index (χ0v) is 16.9. The van der Waals surface area contributed by atoms with E-state index in [4.69, 9.17) is 23.2 Å². The molecule has 1 unspecified atom stereocenters. The number of hydrogen-bond donors (Lipinski definition) is 0. The van der Waals surface area contributed by atoms with Crippen molar-refractivity contribution in [1.29, 1.82) is 0 Å². The normalized spacial score (nSPS) is 20.4. The maximum atomic E-state index is 12.5. The summed E-state index contributed by atoms with van der Waals surface area (Å²) < 4.78 is 16.7. The van der Waals surface area contributed by atoms with Gasteiger partial charge in [-0.05, 0) is 56.9 Å². The van der Waals surface area contributed by atoms with Gasteiger partial charge in [0.05, 0.1) is 20.5 Å². The van der Waals surface area contributed by atoms with Gasteiger partial charge in [0.1, 0.15) is 11.0 Å². The van der Waals surface area contributed by atoms with Crippen LogP contribution in [0.5, 0.6) is 0 Å². The van der Waals surface area contributed by atoms with E-state index in [0.717, 1.165) is 29.7 Å². The third-order valence-corrected chi connectivity index (χ3v) is 6.55. The van der Waals surface area contributed by atoms with Crippen molar-refractivity contribution in [2.45, 2.75) is 44.3 Å². The minimum atomic E-state index is -1.26. The highest BCUT2D eigenvalue weighted by molar-refractivity contribution is 7.85. The van der Waals surface area contributed by atoms with Crippen LogP contribution in [0.1, 0.15) is 56.2 Å². The number of hydrogen-bond acceptors (Lipinski definition) is 1. The standard InChI is InChI=1S/C20H21Cl2NOS/c1-20(2,3)25(24)23-19-11-9-14(15-6-4-5-7-16(15)19)13-8-10-17(21)18(22)12-13/h4-8,10,12,14H,9,11H2,1-3H3/b23-19+/t14?,25-/m1/s1. The molecule has 0 aromatic heterocycles. The molecule has 2 aromatic rings. The first-order valence-electron chi connectivity index (χ1n) is 8.31. The Kier molecular flexibility index (Phi) is 5.38. The van der Waals surface area contributed by atoms with Gasteiger partial charge in [-0.2, -0.15) is 4.40 Å². The van der Waals surface area contributed by atoms with Crippen LogP contribution in [-0.2, 0) is 11.0 Å². The maximum absolute atomic E-state index is 12.5. The Morgan fingerprint density at radius 3 is 2.48 bits per heavy atom. The highest BCUT2D eigenvalue weighted by atomic mass is 35.5. The zero-order chi connectivity index (χ0) is 18.2. The molecule has 0 saturated heterocycles. The molecule has 0 heterocycles. The lowest BCUT2D eigenvalue weighted by Crippen LogP contribution is -2.23. The van der Waals surface area contributed by atoms with E-state index in [1.54, 1.807) is 0 Å². The van der Waals surface area contributed by atoms with Crippen LogP contribution in [0.2, 0.25) is 10.0 Å². The smallest absolute Gasteiger partial charge is 0.145 e. The van der Waals surface area contributed by atoms with Gasteiger partial charge in [-0.1, -0.05) is 53.5 Å². The van der Waals surface area contributed by atoms with E-state index in [9.17, 15) is 4.21 Å². The molecule has 0 amide bonds. The molecule has 25 heavy (non-hydrogen) atoms. The molecule has 132 valence electrons. The van der Waals surface area contributed by atoms with Gasteiger partial charge in [0.25, 0.3) is 0 Å². The molecule has 1 aliphatic rings. The van der Waals surface area contributed by atoms with Crippen molar-refractivity contribution < 1.29 is 4.21 Å². The molecule has 2 nitrogen and oxygen atoms in total. The SMILES string of the molecule is CC(C)(C)[S@@](=O)/N=C1\CCC(c2ccc(Cl)c(Cl)c2)c2ccccc21. The van der Waals surface area contributed by atoms with Gasteiger partial charge in [0.2, 0.25) is 0 Å². The van der Waals surface area contributed by atoms with Crippen molar-refractivity contribution >= 4 is 39.9 Å². The molecule has 1 aliphatic carbocycles. The minimum Gasteiger partial charge on any atom is -0.234 e. The fourth-order valence-corrected chi connectivity index (χ4v) is 4.01. The molecule has 0 saturated carbocycles. The van der Waals surface area contributed by atoms with Crippen molar-refractivity contribution in [3.8, 4) is 0 Å². The minimum absolute atomic E-state index is 0.244. The van der Waals surface area contributed by atoms with Gasteiger partial charge in [0.15, 0.2) is 0 Å². The monoisotopic (exact) mass is 393 g/mol. The van der Waals surface area contributed by atoms with E-state index < -0.39 is 11.0 Å². The number of benzene rings is 2. The highest BCUT2D eigenvalue weighted by Gasteiger charge is 2.27. The first-order chi connectivity index (χ1) is 11.8. The van der Waals surface area contributed by atoms with Gasteiger partial charge >= 0.3 is 0 Å². The lowest BCUT2D eigenvalue weighted by molar-refractivity contribution is 0.650. The molecule has 0 fully saturated rings. The summed E-state index contributed by atoms with van der Waals surface area (Å²) in [5.41, 5.74) is 4.37. The molecular weight excluding hydrogens is 373 g/mol. The average molecular weight is 394 g/mol. The van der Waals surface area contributed by atoms with Crippen molar-refractivity contribution in [3.63, 3.8) is 0 Å². The van der Waals surface area contributed by atoms with E-state index >= 15 is 0 Å². The maximum Gasteiger partial charge on any atom is 0.145 e. The van der Waals surface area contributed by atoms with Crippen LogP contribution >= 0.6 is 23.2 Å². The molecule has 3 rings (SSSR count). The summed E-state index contributed by atoms with van der Waals surface area (Å²) in [6, 6.07) is 14.1. The first-order valence-corrected chi connectivity index (χ1v) is 10.2. The summed E-state index contributed by atoms with van der Waals surface area (Å²) in [5, 5.41) is 1.14. The fourth-order valence-electron chi connectivity index (χ4n) is 3.04. The van der Waals surface area contributed by atoms with Crippen LogP contribution in [-0.4, -0.2) is 14.7 Å². The zero-order valence-electron chi connectivity index (χ0n) is 14.6. The van der Waals surface area contributed by atoms with Crippen LogP contribution in [0.3, 0.4) is 0 Å². The lowest BCUT2D eigenvalue weighted by atomic mass is 9.78. The van der Waals surface area contributed by atoms with Crippen LogP contribution in [0.4, 0.5) is 0 Å². The number of rotatable bonds is 2. The third kappa shape index (κ3) is 3.99. The van der Waals surface area contributed by atoms with E-state index in [1.807, 2.05) is 51.1 Å². The summed E-state index contributed by atoms with van der Waals surface area (Å²) in [6.07, 6.45) is 1.71. The molecule has 5 heteroatoms. The summed E-state index contributed by atoms with van der Waals surface area (Å²) in [5.74, 6) is 0.244. The van der Waals surface area contributed by atoms with Gasteiger partial charge in [-0.25, -0.2) is 4.21 Å². The largest absolute Gasteiger partial charge is 0.234 e. The second kappa shape index (κ2) is 7.22. The van der Waals surface area contributed by atoms with Crippen LogP contribution < -0.4 is 0 Å². The summed E-state index contributed by atoms with van der Waals surface area (Å²) in [7, 11) is -1.26. The Morgan fingerprint density at radius 1 is 1.08 bits per heavy atom. The Labute approximate surface area is 161 Å². The number of halogens is 2. The second-order valence-electron chi connectivity index (χ2n) is 7.25. The Morgan fingerprint density at radius 2 is 1.80 bits per heavy atom. The number of nitrogens with zero attached hydrogens (tertiary/aromatic N) is 1.